The number of nitrogens with zero attached hydrogens (tertiary/aromatic N) is 1. The Morgan fingerprint density at radius 2 is 1.85 bits per heavy atom. The van der Waals surface area contributed by atoms with Gasteiger partial charge in [0.05, 0.1) is 10.9 Å². The van der Waals surface area contributed by atoms with E-state index in [1.807, 2.05) is 6.07 Å². The maximum Gasteiger partial charge on any atom is 0.221 e. The summed E-state index contributed by atoms with van der Waals surface area (Å²) in [5.41, 5.74) is 5.37. The van der Waals surface area contributed by atoms with Gasteiger partial charge in [0.2, 0.25) is 5.69 Å². The Morgan fingerprint density at radius 1 is 1.08 bits per heavy atom. The Morgan fingerprint density at radius 3 is 2.58 bits per heavy atom. The molecule has 1 aromatic heterocycles. The molecule has 26 heavy (non-hydrogen) atoms. The highest BCUT2D eigenvalue weighted by atomic mass is 19.1. The van der Waals surface area contributed by atoms with E-state index in [1.165, 1.54) is 27.6 Å². The van der Waals surface area contributed by atoms with Crippen LogP contribution in [-0.2, 0) is 11.0 Å². The fourth-order valence-electron chi connectivity index (χ4n) is 5.49. The monoisotopic (exact) mass is 346 g/mol. The van der Waals surface area contributed by atoms with Gasteiger partial charge in [-0.2, -0.15) is 4.57 Å². The van der Waals surface area contributed by atoms with E-state index < -0.39 is 0 Å². The van der Waals surface area contributed by atoms with Crippen molar-refractivity contribution in [2.24, 2.45) is 0 Å². The van der Waals surface area contributed by atoms with Crippen LogP contribution in [0.15, 0.2) is 42.6 Å². The van der Waals surface area contributed by atoms with Crippen molar-refractivity contribution >= 4 is 10.8 Å². The molecule has 1 aliphatic carbocycles. The molecule has 2 atom stereocenters. The number of hydrogen-bond acceptors (Lipinski definition) is 0. The molecule has 132 valence electrons. The first-order chi connectivity index (χ1) is 12.3. The van der Waals surface area contributed by atoms with Gasteiger partial charge in [-0.1, -0.05) is 52.0 Å². The topological polar surface area (TPSA) is 3.88 Å². The first-order valence-electron chi connectivity index (χ1n) is 9.64. The normalized spacial score (nSPS) is 24.8. The van der Waals surface area contributed by atoms with Crippen molar-refractivity contribution in [1.29, 1.82) is 0 Å². The van der Waals surface area contributed by atoms with Crippen LogP contribution in [0.1, 0.15) is 63.6 Å². The largest absolute Gasteiger partial charge is 0.221 e. The number of halogens is 1. The van der Waals surface area contributed by atoms with Gasteiger partial charge in [-0.05, 0) is 22.6 Å². The minimum Gasteiger partial charge on any atom is -0.207 e. The molecule has 0 fully saturated rings. The molecule has 2 heterocycles. The van der Waals surface area contributed by atoms with E-state index in [9.17, 15) is 0 Å². The average Bonchev–Trinajstić information content (AvgIpc) is 2.63. The maximum atomic E-state index is 15.2. The second-order valence-electron chi connectivity index (χ2n) is 8.75. The Bertz CT molecular complexity index is 1100. The summed E-state index contributed by atoms with van der Waals surface area (Å²) in [6.45, 7) is 11.2. The molecule has 3 aromatic rings. The molecular weight excluding hydrogens is 321 g/mol. The van der Waals surface area contributed by atoms with E-state index >= 15 is 4.39 Å². The van der Waals surface area contributed by atoms with Gasteiger partial charge < -0.3 is 0 Å². The first-order valence-corrected chi connectivity index (χ1v) is 9.64. The molecule has 2 unspecified atom stereocenters. The van der Waals surface area contributed by atoms with Gasteiger partial charge in [-0.15, -0.1) is 0 Å². The molecule has 0 bridgehead atoms. The van der Waals surface area contributed by atoms with Crippen LogP contribution in [0.3, 0.4) is 0 Å². The molecule has 2 aliphatic rings. The van der Waals surface area contributed by atoms with Crippen molar-refractivity contribution in [3.05, 3.63) is 65.1 Å². The molecule has 0 radical (unpaired) electrons. The minimum absolute atomic E-state index is 0.0137. The zero-order valence-electron chi connectivity index (χ0n) is 16.2. The van der Waals surface area contributed by atoms with Gasteiger partial charge >= 0.3 is 0 Å². The zero-order chi connectivity index (χ0) is 18.4. The summed E-state index contributed by atoms with van der Waals surface area (Å²) in [7, 11) is 0. The number of hydrogen-bond donors (Lipinski definition) is 0. The Kier molecular flexibility index (Phi) is 2.91. The molecule has 1 aliphatic heterocycles. The standard InChI is InChI=1S/C24H25FN/c1-6-24(5)14(2)16-10-11-18(25)21-20(16)22-19-15(12-13-26(22)24)8-7-9-17(19)23(21,3)4/h7-14H,6H2,1-5H3/q+1. The predicted molar refractivity (Wildman–Crippen MR) is 104 cm³/mol. The fourth-order valence-corrected chi connectivity index (χ4v) is 5.49. The number of pyridine rings is 1. The molecule has 2 heteroatoms. The zero-order valence-corrected chi connectivity index (χ0v) is 16.2. The third-order valence-electron chi connectivity index (χ3n) is 7.36. The van der Waals surface area contributed by atoms with Gasteiger partial charge in [-0.25, -0.2) is 4.39 Å². The molecular formula is C24H25FN+. The first kappa shape index (κ1) is 16.0. The van der Waals surface area contributed by atoms with E-state index in [0.29, 0.717) is 5.92 Å². The number of benzene rings is 2. The van der Waals surface area contributed by atoms with Crippen molar-refractivity contribution in [3.63, 3.8) is 0 Å². The smallest absolute Gasteiger partial charge is 0.207 e. The summed E-state index contributed by atoms with van der Waals surface area (Å²) in [6.07, 6.45) is 3.26. The minimum atomic E-state index is -0.346. The second kappa shape index (κ2) is 4.73. The van der Waals surface area contributed by atoms with Crippen LogP contribution in [-0.4, -0.2) is 0 Å². The van der Waals surface area contributed by atoms with Crippen LogP contribution < -0.4 is 4.57 Å². The number of rotatable bonds is 1. The van der Waals surface area contributed by atoms with Gasteiger partial charge in [0.15, 0.2) is 11.7 Å². The lowest BCUT2D eigenvalue weighted by atomic mass is 9.64. The van der Waals surface area contributed by atoms with Crippen LogP contribution >= 0.6 is 0 Å². The quantitative estimate of drug-likeness (QED) is 0.489. The third kappa shape index (κ3) is 1.60. The van der Waals surface area contributed by atoms with E-state index in [1.54, 1.807) is 6.07 Å². The van der Waals surface area contributed by atoms with Crippen LogP contribution in [0.25, 0.3) is 22.0 Å². The SMILES string of the molecule is CCC1(C)C(C)c2ccc(F)c3c2-c2c4c(cccc4cc[n+]21)C3(C)C. The lowest BCUT2D eigenvalue weighted by Gasteiger charge is -2.42. The van der Waals surface area contributed by atoms with Gasteiger partial charge in [0.1, 0.15) is 5.82 Å². The van der Waals surface area contributed by atoms with Crippen LogP contribution in [0.2, 0.25) is 0 Å². The van der Waals surface area contributed by atoms with Crippen molar-refractivity contribution in [3.8, 4) is 11.3 Å². The Hall–Kier alpha value is -2.22. The summed E-state index contributed by atoms with van der Waals surface area (Å²) in [5.74, 6) is 0.247. The van der Waals surface area contributed by atoms with Crippen molar-refractivity contribution in [2.75, 3.05) is 0 Å². The van der Waals surface area contributed by atoms with Crippen molar-refractivity contribution in [2.45, 2.75) is 57.9 Å². The summed E-state index contributed by atoms with van der Waals surface area (Å²) in [4.78, 5) is 0. The van der Waals surface area contributed by atoms with Crippen LogP contribution in [0.5, 0.6) is 0 Å². The predicted octanol–water partition coefficient (Wildman–Crippen LogP) is 5.82. The third-order valence-corrected chi connectivity index (χ3v) is 7.36. The lowest BCUT2D eigenvalue weighted by molar-refractivity contribution is -0.756. The second-order valence-corrected chi connectivity index (χ2v) is 8.75. The highest BCUT2D eigenvalue weighted by molar-refractivity contribution is 6.01. The Labute approximate surface area is 154 Å². The highest BCUT2D eigenvalue weighted by Gasteiger charge is 2.52. The summed E-state index contributed by atoms with van der Waals surface area (Å²) >= 11 is 0. The summed E-state index contributed by atoms with van der Waals surface area (Å²) < 4.78 is 17.6. The molecule has 1 nitrogen and oxygen atoms in total. The lowest BCUT2D eigenvalue weighted by Crippen LogP contribution is -2.61. The van der Waals surface area contributed by atoms with Crippen LogP contribution in [0, 0.1) is 5.82 Å². The molecule has 5 rings (SSSR count). The fraction of sp³-hybridized carbons (Fsp3) is 0.375. The number of aromatic nitrogens is 1. The molecule has 0 saturated heterocycles. The van der Waals surface area contributed by atoms with E-state index in [2.05, 4.69) is 69.6 Å². The molecule has 0 N–H and O–H groups in total. The van der Waals surface area contributed by atoms with Gasteiger partial charge in [0.25, 0.3) is 0 Å². The van der Waals surface area contributed by atoms with E-state index in [0.717, 1.165) is 17.5 Å². The summed E-state index contributed by atoms with van der Waals surface area (Å²) in [6, 6.07) is 12.4. The highest BCUT2D eigenvalue weighted by Crippen LogP contribution is 2.54. The van der Waals surface area contributed by atoms with E-state index in [-0.39, 0.29) is 16.8 Å². The van der Waals surface area contributed by atoms with E-state index in [4.69, 9.17) is 0 Å². The Balaban J connectivity index is 2.11. The molecule has 2 aromatic carbocycles. The van der Waals surface area contributed by atoms with Gasteiger partial charge in [0, 0.05) is 36.3 Å². The van der Waals surface area contributed by atoms with Crippen molar-refractivity contribution in [1.82, 2.24) is 0 Å². The molecule has 0 amide bonds. The average molecular weight is 346 g/mol. The van der Waals surface area contributed by atoms with Crippen molar-refractivity contribution < 1.29 is 8.96 Å². The molecule has 0 saturated carbocycles. The van der Waals surface area contributed by atoms with Gasteiger partial charge in [-0.3, -0.25) is 0 Å². The summed E-state index contributed by atoms with van der Waals surface area (Å²) in [5, 5.41) is 2.54. The maximum absolute atomic E-state index is 15.2. The molecule has 0 spiro atoms. The van der Waals surface area contributed by atoms with Crippen LogP contribution in [0.4, 0.5) is 4.39 Å².